The van der Waals surface area contributed by atoms with Crippen LogP contribution in [0, 0.1) is 6.92 Å². The summed E-state index contributed by atoms with van der Waals surface area (Å²) in [4.78, 5) is 0. The Morgan fingerprint density at radius 3 is 2.27 bits per heavy atom. The van der Waals surface area contributed by atoms with Gasteiger partial charge in [-0.3, -0.25) is 0 Å². The Kier molecular flexibility index (Phi) is 4.63. The lowest BCUT2D eigenvalue weighted by Crippen LogP contribution is -2.17. The lowest BCUT2D eigenvalue weighted by molar-refractivity contribution is 0.122. The van der Waals surface area contributed by atoms with Gasteiger partial charge in [-0.25, -0.2) is 0 Å². The predicted molar refractivity (Wildman–Crippen MR) is 93.2 cm³/mol. The Labute approximate surface area is 134 Å². The molecule has 3 rings (SSSR count). The molecule has 0 radical (unpaired) electrons. The molecule has 0 spiro atoms. The van der Waals surface area contributed by atoms with E-state index in [4.69, 9.17) is 0 Å². The van der Waals surface area contributed by atoms with Gasteiger partial charge in [0.15, 0.2) is 0 Å². The molecule has 116 valence electrons. The highest BCUT2D eigenvalue weighted by Crippen LogP contribution is 2.35. The normalized spacial score (nSPS) is 21.8. The summed E-state index contributed by atoms with van der Waals surface area (Å²) in [6, 6.07) is 15.8. The fraction of sp³-hybridized carbons (Fsp3) is 0.429. The van der Waals surface area contributed by atoms with Gasteiger partial charge in [-0.2, -0.15) is 0 Å². The lowest BCUT2D eigenvalue weighted by Gasteiger charge is -2.26. The molecule has 0 aliphatic heterocycles. The second-order valence-corrected chi connectivity index (χ2v) is 6.64. The highest BCUT2D eigenvalue weighted by molar-refractivity contribution is 5.68. The maximum atomic E-state index is 9.69. The molecule has 1 aliphatic rings. The molecule has 2 aromatic carbocycles. The Balaban J connectivity index is 1.89. The van der Waals surface area contributed by atoms with E-state index in [-0.39, 0.29) is 6.10 Å². The van der Waals surface area contributed by atoms with Crippen molar-refractivity contribution in [3.05, 3.63) is 59.2 Å². The van der Waals surface area contributed by atoms with Gasteiger partial charge in [0.25, 0.3) is 0 Å². The molecule has 1 nitrogen and oxygen atoms in total. The molecule has 0 unspecified atom stereocenters. The molecule has 0 heterocycles. The van der Waals surface area contributed by atoms with Crippen LogP contribution in [-0.4, -0.2) is 11.2 Å². The van der Waals surface area contributed by atoms with Crippen molar-refractivity contribution in [3.63, 3.8) is 0 Å². The molecule has 1 fully saturated rings. The average Bonchev–Trinajstić information content (AvgIpc) is 2.56. The molecular formula is C21H26O. The standard InChI is InChI=1S/C21H26O/c1-3-16-14-19(17-8-11-20(22)12-9-17)10-13-21(16)18-6-4-15(2)5-7-18/h4-7,10,13-14,17,20,22H,3,8-9,11-12H2,1-2H3. The van der Waals surface area contributed by atoms with E-state index in [0.717, 1.165) is 32.1 Å². The molecule has 0 aromatic heterocycles. The van der Waals surface area contributed by atoms with Gasteiger partial charge in [0, 0.05) is 0 Å². The van der Waals surface area contributed by atoms with Crippen molar-refractivity contribution in [1.29, 1.82) is 0 Å². The molecule has 1 heteroatoms. The van der Waals surface area contributed by atoms with Crippen LogP contribution in [0.2, 0.25) is 0 Å². The number of aryl methyl sites for hydroxylation is 2. The van der Waals surface area contributed by atoms with Gasteiger partial charge >= 0.3 is 0 Å². The zero-order valence-corrected chi connectivity index (χ0v) is 13.7. The van der Waals surface area contributed by atoms with Crippen LogP contribution in [0.1, 0.15) is 55.2 Å². The Morgan fingerprint density at radius 2 is 1.64 bits per heavy atom. The minimum absolute atomic E-state index is 0.0753. The molecule has 0 saturated heterocycles. The van der Waals surface area contributed by atoms with Gasteiger partial charge in [-0.1, -0.05) is 55.0 Å². The largest absolute Gasteiger partial charge is 0.393 e. The quantitative estimate of drug-likeness (QED) is 0.820. The third-order valence-corrected chi connectivity index (χ3v) is 5.04. The van der Waals surface area contributed by atoms with E-state index in [1.54, 1.807) is 0 Å². The van der Waals surface area contributed by atoms with Gasteiger partial charge in [0.2, 0.25) is 0 Å². The van der Waals surface area contributed by atoms with Crippen molar-refractivity contribution < 1.29 is 5.11 Å². The first-order chi connectivity index (χ1) is 10.7. The molecule has 0 atom stereocenters. The molecule has 0 amide bonds. The first kappa shape index (κ1) is 15.3. The molecule has 22 heavy (non-hydrogen) atoms. The first-order valence-corrected chi connectivity index (χ1v) is 8.55. The first-order valence-electron chi connectivity index (χ1n) is 8.55. The zero-order valence-electron chi connectivity index (χ0n) is 13.7. The van der Waals surface area contributed by atoms with Gasteiger partial charge in [0.1, 0.15) is 0 Å². The van der Waals surface area contributed by atoms with Crippen LogP contribution in [0.15, 0.2) is 42.5 Å². The Bertz CT molecular complexity index is 619. The fourth-order valence-corrected chi connectivity index (χ4v) is 3.58. The predicted octanol–water partition coefficient (Wildman–Crippen LogP) is 5.24. The summed E-state index contributed by atoms with van der Waals surface area (Å²) in [5.74, 6) is 0.626. The van der Waals surface area contributed by atoms with Crippen molar-refractivity contribution in [2.24, 2.45) is 0 Å². The Hall–Kier alpha value is -1.60. The van der Waals surface area contributed by atoms with Crippen molar-refractivity contribution in [2.45, 2.75) is 58.0 Å². The molecular weight excluding hydrogens is 268 g/mol. The molecule has 0 bridgehead atoms. The van der Waals surface area contributed by atoms with E-state index in [1.165, 1.54) is 27.8 Å². The fourth-order valence-electron chi connectivity index (χ4n) is 3.58. The van der Waals surface area contributed by atoms with E-state index in [9.17, 15) is 5.11 Å². The van der Waals surface area contributed by atoms with Crippen molar-refractivity contribution >= 4 is 0 Å². The number of aliphatic hydroxyl groups is 1. The number of hydrogen-bond acceptors (Lipinski definition) is 1. The minimum atomic E-state index is -0.0753. The lowest BCUT2D eigenvalue weighted by atomic mass is 9.81. The van der Waals surface area contributed by atoms with Crippen LogP contribution in [-0.2, 0) is 6.42 Å². The third kappa shape index (κ3) is 3.25. The second-order valence-electron chi connectivity index (χ2n) is 6.64. The topological polar surface area (TPSA) is 20.2 Å². The summed E-state index contributed by atoms with van der Waals surface area (Å²) in [7, 11) is 0. The Morgan fingerprint density at radius 1 is 0.955 bits per heavy atom. The number of aliphatic hydroxyl groups excluding tert-OH is 1. The maximum Gasteiger partial charge on any atom is 0.0540 e. The van der Waals surface area contributed by atoms with E-state index < -0.39 is 0 Å². The summed E-state index contributed by atoms with van der Waals surface area (Å²) in [5, 5.41) is 9.69. The highest BCUT2D eigenvalue weighted by atomic mass is 16.3. The van der Waals surface area contributed by atoms with Crippen LogP contribution >= 0.6 is 0 Å². The van der Waals surface area contributed by atoms with Crippen molar-refractivity contribution in [3.8, 4) is 11.1 Å². The number of benzene rings is 2. The van der Waals surface area contributed by atoms with E-state index in [1.807, 2.05) is 0 Å². The van der Waals surface area contributed by atoms with Gasteiger partial charge in [0.05, 0.1) is 6.10 Å². The monoisotopic (exact) mass is 294 g/mol. The van der Waals surface area contributed by atoms with Gasteiger partial charge < -0.3 is 5.11 Å². The second kappa shape index (κ2) is 6.66. The van der Waals surface area contributed by atoms with Crippen molar-refractivity contribution in [1.82, 2.24) is 0 Å². The van der Waals surface area contributed by atoms with Crippen LogP contribution in [0.4, 0.5) is 0 Å². The summed E-state index contributed by atoms with van der Waals surface area (Å²) in [5.41, 5.74) is 6.88. The number of hydrogen-bond donors (Lipinski definition) is 1. The summed E-state index contributed by atoms with van der Waals surface area (Å²) in [6.45, 7) is 4.37. The molecule has 1 aliphatic carbocycles. The van der Waals surface area contributed by atoms with Crippen LogP contribution in [0.25, 0.3) is 11.1 Å². The summed E-state index contributed by atoms with van der Waals surface area (Å²) < 4.78 is 0. The zero-order chi connectivity index (χ0) is 15.5. The molecule has 1 saturated carbocycles. The van der Waals surface area contributed by atoms with Crippen molar-refractivity contribution in [2.75, 3.05) is 0 Å². The van der Waals surface area contributed by atoms with Gasteiger partial charge in [-0.15, -0.1) is 0 Å². The summed E-state index contributed by atoms with van der Waals surface area (Å²) >= 11 is 0. The van der Waals surface area contributed by atoms with E-state index >= 15 is 0 Å². The SMILES string of the molecule is CCc1cc(C2CCC(O)CC2)ccc1-c1ccc(C)cc1. The van der Waals surface area contributed by atoms with Gasteiger partial charge in [-0.05, 0) is 67.2 Å². The third-order valence-electron chi connectivity index (χ3n) is 5.04. The molecule has 2 aromatic rings. The van der Waals surface area contributed by atoms with E-state index in [0.29, 0.717) is 5.92 Å². The van der Waals surface area contributed by atoms with Crippen LogP contribution in [0.3, 0.4) is 0 Å². The maximum absolute atomic E-state index is 9.69. The van der Waals surface area contributed by atoms with Crippen LogP contribution < -0.4 is 0 Å². The summed E-state index contributed by atoms with van der Waals surface area (Å²) in [6.07, 6.45) is 5.13. The highest BCUT2D eigenvalue weighted by Gasteiger charge is 2.21. The van der Waals surface area contributed by atoms with E-state index in [2.05, 4.69) is 56.3 Å². The average molecular weight is 294 g/mol. The molecule has 1 N–H and O–H groups in total. The smallest absolute Gasteiger partial charge is 0.0540 e. The number of rotatable bonds is 3. The van der Waals surface area contributed by atoms with Crippen LogP contribution in [0.5, 0.6) is 0 Å². The minimum Gasteiger partial charge on any atom is -0.393 e.